The molecule has 0 radical (unpaired) electrons. The Bertz CT molecular complexity index is 391. The zero-order chi connectivity index (χ0) is 15.0. The van der Waals surface area contributed by atoms with Crippen molar-refractivity contribution < 1.29 is 9.47 Å². The number of rotatable bonds is 9. The summed E-state index contributed by atoms with van der Waals surface area (Å²) in [4.78, 5) is 0. The maximum absolute atomic E-state index is 5.53. The molecule has 0 heterocycles. The van der Waals surface area contributed by atoms with Gasteiger partial charge in [-0.25, -0.2) is 0 Å². The minimum Gasteiger partial charge on any atom is -0.493 e. The highest BCUT2D eigenvalue weighted by atomic mass is 16.5. The van der Waals surface area contributed by atoms with E-state index in [0.29, 0.717) is 12.6 Å². The van der Waals surface area contributed by atoms with Crippen molar-refractivity contribution >= 4 is 0 Å². The first kappa shape index (κ1) is 16.8. The summed E-state index contributed by atoms with van der Waals surface area (Å²) in [5.74, 6) is 2.39. The first-order chi connectivity index (χ1) is 9.56. The summed E-state index contributed by atoms with van der Waals surface area (Å²) in [5.41, 5.74) is 1.22. The van der Waals surface area contributed by atoms with Gasteiger partial charge in [-0.3, -0.25) is 0 Å². The van der Waals surface area contributed by atoms with Gasteiger partial charge >= 0.3 is 0 Å². The molecule has 0 spiro atoms. The van der Waals surface area contributed by atoms with Crippen LogP contribution in [0, 0.1) is 5.92 Å². The SMILES string of the molecule is CCOc1ccc(CNC(C)CCC(C)C)cc1OC. The van der Waals surface area contributed by atoms with Gasteiger partial charge in [-0.05, 0) is 50.3 Å². The highest BCUT2D eigenvalue weighted by Crippen LogP contribution is 2.28. The van der Waals surface area contributed by atoms with Crippen LogP contribution in [0.5, 0.6) is 11.5 Å². The van der Waals surface area contributed by atoms with Gasteiger partial charge in [0.05, 0.1) is 13.7 Å². The van der Waals surface area contributed by atoms with E-state index >= 15 is 0 Å². The Morgan fingerprint density at radius 1 is 1.10 bits per heavy atom. The van der Waals surface area contributed by atoms with Gasteiger partial charge in [0.15, 0.2) is 11.5 Å². The molecule has 20 heavy (non-hydrogen) atoms. The van der Waals surface area contributed by atoms with E-state index in [1.165, 1.54) is 18.4 Å². The first-order valence-electron chi connectivity index (χ1n) is 7.59. The standard InChI is InChI=1S/C17H29NO2/c1-6-20-16-10-9-15(11-17(16)19-5)12-18-14(4)8-7-13(2)3/h9-11,13-14,18H,6-8,12H2,1-5H3. The van der Waals surface area contributed by atoms with Gasteiger partial charge in [0, 0.05) is 12.6 Å². The second kappa shape index (κ2) is 8.85. The molecular formula is C17H29NO2. The first-order valence-corrected chi connectivity index (χ1v) is 7.59. The predicted octanol–water partition coefficient (Wildman–Crippen LogP) is 4.01. The Kier molecular flexibility index (Phi) is 7.45. The summed E-state index contributed by atoms with van der Waals surface area (Å²) in [7, 11) is 1.68. The highest BCUT2D eigenvalue weighted by molar-refractivity contribution is 5.42. The molecule has 0 aliphatic heterocycles. The van der Waals surface area contributed by atoms with Crippen molar-refractivity contribution in [3.63, 3.8) is 0 Å². The van der Waals surface area contributed by atoms with Crippen molar-refractivity contribution in [3.05, 3.63) is 23.8 Å². The third-order valence-corrected chi connectivity index (χ3v) is 3.36. The normalized spacial score (nSPS) is 12.5. The number of hydrogen-bond acceptors (Lipinski definition) is 3. The Hall–Kier alpha value is -1.22. The van der Waals surface area contributed by atoms with Gasteiger partial charge < -0.3 is 14.8 Å². The molecule has 0 aliphatic carbocycles. The third-order valence-electron chi connectivity index (χ3n) is 3.36. The van der Waals surface area contributed by atoms with E-state index in [9.17, 15) is 0 Å². The lowest BCUT2D eigenvalue weighted by Crippen LogP contribution is -2.25. The Morgan fingerprint density at radius 2 is 1.85 bits per heavy atom. The van der Waals surface area contributed by atoms with Gasteiger partial charge in [-0.1, -0.05) is 19.9 Å². The summed E-state index contributed by atoms with van der Waals surface area (Å²) in [6.45, 7) is 10.3. The van der Waals surface area contributed by atoms with Crippen LogP contribution in [-0.2, 0) is 6.54 Å². The fourth-order valence-electron chi connectivity index (χ4n) is 2.07. The van der Waals surface area contributed by atoms with Crippen LogP contribution < -0.4 is 14.8 Å². The van der Waals surface area contributed by atoms with Crippen LogP contribution in [0.3, 0.4) is 0 Å². The zero-order valence-electron chi connectivity index (χ0n) is 13.5. The van der Waals surface area contributed by atoms with E-state index in [-0.39, 0.29) is 0 Å². The summed E-state index contributed by atoms with van der Waals surface area (Å²) < 4.78 is 10.9. The molecule has 0 aliphatic rings. The summed E-state index contributed by atoms with van der Waals surface area (Å²) in [5, 5.41) is 3.56. The van der Waals surface area contributed by atoms with Crippen molar-refractivity contribution in [2.45, 2.75) is 53.1 Å². The second-order valence-electron chi connectivity index (χ2n) is 5.67. The molecule has 1 aromatic rings. The molecule has 0 saturated heterocycles. The molecule has 1 rings (SSSR count). The van der Waals surface area contributed by atoms with Gasteiger partial charge in [0.1, 0.15) is 0 Å². The molecule has 0 amide bonds. The molecular weight excluding hydrogens is 250 g/mol. The molecule has 1 aromatic carbocycles. The van der Waals surface area contributed by atoms with Crippen LogP contribution >= 0.6 is 0 Å². The molecule has 114 valence electrons. The van der Waals surface area contributed by atoms with Gasteiger partial charge in [0.25, 0.3) is 0 Å². The summed E-state index contributed by atoms with van der Waals surface area (Å²) >= 11 is 0. The van der Waals surface area contributed by atoms with E-state index in [0.717, 1.165) is 24.0 Å². The topological polar surface area (TPSA) is 30.5 Å². The fourth-order valence-corrected chi connectivity index (χ4v) is 2.07. The van der Waals surface area contributed by atoms with E-state index < -0.39 is 0 Å². The number of ether oxygens (including phenoxy) is 2. The number of nitrogens with one attached hydrogen (secondary N) is 1. The predicted molar refractivity (Wildman–Crippen MR) is 84.5 cm³/mol. The van der Waals surface area contributed by atoms with E-state index in [1.54, 1.807) is 7.11 Å². The van der Waals surface area contributed by atoms with Crippen LogP contribution in [0.4, 0.5) is 0 Å². The average Bonchev–Trinajstić information content (AvgIpc) is 2.44. The van der Waals surface area contributed by atoms with Crippen molar-refractivity contribution in [2.75, 3.05) is 13.7 Å². The molecule has 3 nitrogen and oxygen atoms in total. The zero-order valence-corrected chi connectivity index (χ0v) is 13.5. The van der Waals surface area contributed by atoms with Crippen LogP contribution in [-0.4, -0.2) is 19.8 Å². The van der Waals surface area contributed by atoms with Crippen LogP contribution in [0.15, 0.2) is 18.2 Å². The minimum absolute atomic E-state index is 0.537. The Balaban J connectivity index is 2.51. The smallest absolute Gasteiger partial charge is 0.161 e. The molecule has 3 heteroatoms. The average molecular weight is 279 g/mol. The van der Waals surface area contributed by atoms with Gasteiger partial charge in [-0.2, -0.15) is 0 Å². The van der Waals surface area contributed by atoms with Crippen LogP contribution in [0.1, 0.15) is 46.1 Å². The quantitative estimate of drug-likeness (QED) is 0.741. The van der Waals surface area contributed by atoms with Crippen molar-refractivity contribution in [3.8, 4) is 11.5 Å². The van der Waals surface area contributed by atoms with Crippen LogP contribution in [0.2, 0.25) is 0 Å². The highest BCUT2D eigenvalue weighted by Gasteiger charge is 2.07. The summed E-state index contributed by atoms with van der Waals surface area (Å²) in [6, 6.07) is 6.66. The lowest BCUT2D eigenvalue weighted by atomic mass is 10.0. The van der Waals surface area contributed by atoms with E-state index in [2.05, 4.69) is 32.2 Å². The van der Waals surface area contributed by atoms with E-state index in [4.69, 9.17) is 9.47 Å². The Labute approximate surface area is 123 Å². The number of methoxy groups -OCH3 is 1. The molecule has 1 N–H and O–H groups in total. The maximum atomic E-state index is 5.53. The third kappa shape index (κ3) is 5.83. The van der Waals surface area contributed by atoms with Gasteiger partial charge in [0.2, 0.25) is 0 Å². The van der Waals surface area contributed by atoms with E-state index in [1.807, 2.05) is 19.1 Å². The second-order valence-corrected chi connectivity index (χ2v) is 5.67. The summed E-state index contributed by atoms with van der Waals surface area (Å²) in [6.07, 6.45) is 2.48. The Morgan fingerprint density at radius 3 is 2.45 bits per heavy atom. The lowest BCUT2D eigenvalue weighted by Gasteiger charge is -2.16. The molecule has 0 saturated carbocycles. The van der Waals surface area contributed by atoms with Gasteiger partial charge in [-0.15, -0.1) is 0 Å². The molecule has 1 unspecified atom stereocenters. The van der Waals surface area contributed by atoms with Crippen molar-refractivity contribution in [1.82, 2.24) is 5.32 Å². The lowest BCUT2D eigenvalue weighted by molar-refractivity contribution is 0.310. The number of hydrogen-bond donors (Lipinski definition) is 1. The molecule has 0 fully saturated rings. The largest absolute Gasteiger partial charge is 0.493 e. The minimum atomic E-state index is 0.537. The van der Waals surface area contributed by atoms with Crippen molar-refractivity contribution in [2.24, 2.45) is 5.92 Å². The molecule has 1 atom stereocenters. The number of benzene rings is 1. The molecule has 0 aromatic heterocycles. The maximum Gasteiger partial charge on any atom is 0.161 e. The fraction of sp³-hybridized carbons (Fsp3) is 0.647. The monoisotopic (exact) mass is 279 g/mol. The van der Waals surface area contributed by atoms with Crippen molar-refractivity contribution in [1.29, 1.82) is 0 Å². The molecule has 0 bridgehead atoms. The van der Waals surface area contributed by atoms with Crippen LogP contribution in [0.25, 0.3) is 0 Å².